The first-order valence-electron chi connectivity index (χ1n) is 6.87. The summed E-state index contributed by atoms with van der Waals surface area (Å²) in [6, 6.07) is 9.75. The van der Waals surface area contributed by atoms with Gasteiger partial charge in [-0.05, 0) is 23.8 Å². The third kappa shape index (κ3) is 3.28. The summed E-state index contributed by atoms with van der Waals surface area (Å²) in [5.74, 6) is -0.594. The van der Waals surface area contributed by atoms with Crippen LogP contribution in [0.5, 0.6) is 0 Å². The van der Waals surface area contributed by atoms with Gasteiger partial charge < -0.3 is 10.2 Å². The first kappa shape index (κ1) is 14.2. The van der Waals surface area contributed by atoms with E-state index < -0.39 is 6.10 Å². The molecule has 0 aliphatic carbocycles. The lowest BCUT2D eigenvalue weighted by Crippen LogP contribution is -2.34. The minimum absolute atomic E-state index is 0.251. The molecule has 0 fully saturated rings. The van der Waals surface area contributed by atoms with Gasteiger partial charge in [-0.25, -0.2) is 4.39 Å². The highest BCUT2D eigenvalue weighted by Crippen LogP contribution is 2.17. The van der Waals surface area contributed by atoms with Crippen LogP contribution in [0.4, 0.5) is 4.39 Å². The molecular weight excluding hydrogens is 285 g/mol. The Hall–Kier alpha value is -2.76. The van der Waals surface area contributed by atoms with Crippen LogP contribution in [0.3, 0.4) is 0 Å². The van der Waals surface area contributed by atoms with Gasteiger partial charge in [-0.1, -0.05) is 23.4 Å². The minimum atomic E-state index is -0.685. The van der Waals surface area contributed by atoms with Crippen molar-refractivity contribution >= 4 is 11.6 Å². The number of aromatic nitrogens is 1. The van der Waals surface area contributed by atoms with Gasteiger partial charge in [0.1, 0.15) is 5.82 Å². The van der Waals surface area contributed by atoms with E-state index in [1.54, 1.807) is 30.6 Å². The molecule has 5 nitrogen and oxygen atoms in total. The van der Waals surface area contributed by atoms with Crippen molar-refractivity contribution in [3.8, 4) is 0 Å². The highest BCUT2D eigenvalue weighted by Gasteiger charge is 2.28. The summed E-state index contributed by atoms with van der Waals surface area (Å²) in [7, 11) is 0. The van der Waals surface area contributed by atoms with Crippen LogP contribution in [0.25, 0.3) is 0 Å². The molecule has 2 heterocycles. The smallest absolute Gasteiger partial charge is 0.264 e. The molecule has 0 radical (unpaired) electrons. The molecule has 6 heteroatoms. The lowest BCUT2D eigenvalue weighted by Gasteiger charge is -2.09. The van der Waals surface area contributed by atoms with Gasteiger partial charge in [0.25, 0.3) is 5.91 Å². The number of hydrogen-bond donors (Lipinski definition) is 1. The number of rotatable bonds is 4. The second-order valence-corrected chi connectivity index (χ2v) is 4.93. The van der Waals surface area contributed by atoms with E-state index in [-0.39, 0.29) is 11.7 Å². The maximum atomic E-state index is 13.2. The Bertz CT molecular complexity index is 704. The highest BCUT2D eigenvalue weighted by atomic mass is 19.1. The normalized spacial score (nSPS) is 16.8. The van der Waals surface area contributed by atoms with Gasteiger partial charge in [0.15, 0.2) is 0 Å². The summed E-state index contributed by atoms with van der Waals surface area (Å²) in [4.78, 5) is 21.2. The van der Waals surface area contributed by atoms with Crippen molar-refractivity contribution < 1.29 is 14.0 Å². The summed E-state index contributed by atoms with van der Waals surface area (Å²) in [5, 5.41) is 6.65. The molecule has 1 aliphatic heterocycles. The number of nitrogens with one attached hydrogen (secondary N) is 1. The summed E-state index contributed by atoms with van der Waals surface area (Å²) >= 11 is 0. The van der Waals surface area contributed by atoms with Crippen molar-refractivity contribution in [2.45, 2.75) is 19.1 Å². The third-order valence-electron chi connectivity index (χ3n) is 3.31. The van der Waals surface area contributed by atoms with E-state index in [2.05, 4.69) is 15.5 Å². The molecular formula is C16H14FN3O2. The number of hydrogen-bond acceptors (Lipinski definition) is 4. The molecule has 1 aliphatic rings. The maximum absolute atomic E-state index is 13.2. The van der Waals surface area contributed by atoms with Gasteiger partial charge in [0, 0.05) is 30.9 Å². The first-order valence-corrected chi connectivity index (χ1v) is 6.87. The highest BCUT2D eigenvalue weighted by molar-refractivity contribution is 6.04. The second kappa shape index (κ2) is 6.34. The van der Waals surface area contributed by atoms with Gasteiger partial charge in [-0.2, -0.15) is 0 Å². The lowest BCUT2D eigenvalue weighted by molar-refractivity contribution is -0.131. The van der Waals surface area contributed by atoms with Crippen LogP contribution in [-0.2, 0) is 16.2 Å². The molecule has 3 rings (SSSR count). The maximum Gasteiger partial charge on any atom is 0.264 e. The molecule has 22 heavy (non-hydrogen) atoms. The van der Waals surface area contributed by atoms with E-state index in [9.17, 15) is 9.18 Å². The van der Waals surface area contributed by atoms with Crippen LogP contribution < -0.4 is 5.32 Å². The van der Waals surface area contributed by atoms with Gasteiger partial charge in [0.05, 0.1) is 5.71 Å². The summed E-state index contributed by atoms with van der Waals surface area (Å²) in [6.45, 7) is 0.377. The zero-order chi connectivity index (χ0) is 15.4. The number of amides is 1. The summed E-state index contributed by atoms with van der Waals surface area (Å²) in [5.41, 5.74) is 2.10. The van der Waals surface area contributed by atoms with Crippen molar-refractivity contribution in [1.29, 1.82) is 0 Å². The number of pyridine rings is 1. The van der Waals surface area contributed by atoms with E-state index in [1.165, 1.54) is 12.1 Å². The molecule has 1 atom stereocenters. The number of benzene rings is 1. The zero-order valence-corrected chi connectivity index (χ0v) is 11.7. The molecule has 0 saturated heterocycles. The van der Waals surface area contributed by atoms with Crippen molar-refractivity contribution in [3.05, 3.63) is 65.7 Å². The number of oxime groups is 1. The van der Waals surface area contributed by atoms with Crippen LogP contribution in [0.15, 0.2) is 53.9 Å². The fourth-order valence-electron chi connectivity index (χ4n) is 2.16. The number of carbonyl (C=O) groups excluding carboxylic acids is 1. The average Bonchev–Trinajstić information content (AvgIpc) is 3.04. The quantitative estimate of drug-likeness (QED) is 0.939. The van der Waals surface area contributed by atoms with Crippen molar-refractivity contribution in [3.63, 3.8) is 0 Å². The minimum Gasteiger partial charge on any atom is -0.382 e. The molecule has 2 aromatic rings. The number of carbonyl (C=O) groups is 1. The van der Waals surface area contributed by atoms with Crippen molar-refractivity contribution in [2.75, 3.05) is 0 Å². The Kier molecular flexibility index (Phi) is 4.09. The molecule has 1 aromatic heterocycles. The molecule has 1 amide bonds. The molecule has 0 saturated carbocycles. The Labute approximate surface area is 126 Å². The SMILES string of the molecule is O=C(NCc1cccnc1)[C@@H]1CC(c2cccc(F)c2)=NO1. The Morgan fingerprint density at radius 3 is 3.05 bits per heavy atom. The van der Waals surface area contributed by atoms with E-state index in [1.807, 2.05) is 6.07 Å². The Balaban J connectivity index is 1.56. The molecule has 1 N–H and O–H groups in total. The van der Waals surface area contributed by atoms with Crippen LogP contribution >= 0.6 is 0 Å². The van der Waals surface area contributed by atoms with Crippen molar-refractivity contribution in [1.82, 2.24) is 10.3 Å². The van der Waals surface area contributed by atoms with Crippen LogP contribution in [0.1, 0.15) is 17.5 Å². The van der Waals surface area contributed by atoms with Crippen LogP contribution in [0, 0.1) is 5.82 Å². The summed E-state index contributed by atoms with van der Waals surface area (Å²) in [6.07, 6.45) is 2.99. The third-order valence-corrected chi connectivity index (χ3v) is 3.31. The van der Waals surface area contributed by atoms with E-state index >= 15 is 0 Å². The number of nitrogens with zero attached hydrogens (tertiary/aromatic N) is 2. The van der Waals surface area contributed by atoms with E-state index in [4.69, 9.17) is 4.84 Å². The molecule has 0 spiro atoms. The standard InChI is InChI=1S/C16H14FN3O2/c17-13-5-1-4-12(7-13)14-8-15(22-20-14)16(21)19-10-11-3-2-6-18-9-11/h1-7,9,15H,8,10H2,(H,19,21)/t15-/m0/s1. The fourth-order valence-corrected chi connectivity index (χ4v) is 2.16. The zero-order valence-electron chi connectivity index (χ0n) is 11.7. The van der Waals surface area contributed by atoms with Crippen LogP contribution in [0.2, 0.25) is 0 Å². The fraction of sp³-hybridized carbons (Fsp3) is 0.188. The van der Waals surface area contributed by atoms with Gasteiger partial charge in [0.2, 0.25) is 6.10 Å². The number of halogens is 1. The summed E-state index contributed by atoms with van der Waals surface area (Å²) < 4.78 is 13.2. The topological polar surface area (TPSA) is 63.6 Å². The molecule has 0 bridgehead atoms. The van der Waals surface area contributed by atoms with E-state index in [0.29, 0.717) is 24.2 Å². The second-order valence-electron chi connectivity index (χ2n) is 4.93. The van der Waals surface area contributed by atoms with Crippen molar-refractivity contribution in [2.24, 2.45) is 5.16 Å². The lowest BCUT2D eigenvalue weighted by atomic mass is 10.0. The van der Waals surface area contributed by atoms with Gasteiger partial charge in [-0.3, -0.25) is 9.78 Å². The largest absolute Gasteiger partial charge is 0.382 e. The monoisotopic (exact) mass is 299 g/mol. The van der Waals surface area contributed by atoms with E-state index in [0.717, 1.165) is 5.56 Å². The molecule has 112 valence electrons. The first-order chi connectivity index (χ1) is 10.7. The Morgan fingerprint density at radius 1 is 1.36 bits per heavy atom. The van der Waals surface area contributed by atoms with Crippen LogP contribution in [-0.4, -0.2) is 22.7 Å². The van der Waals surface area contributed by atoms with Gasteiger partial charge >= 0.3 is 0 Å². The predicted molar refractivity (Wildman–Crippen MR) is 78.5 cm³/mol. The Morgan fingerprint density at radius 2 is 2.27 bits per heavy atom. The molecule has 0 unspecified atom stereocenters. The average molecular weight is 299 g/mol. The van der Waals surface area contributed by atoms with Gasteiger partial charge in [-0.15, -0.1) is 0 Å². The predicted octanol–water partition coefficient (Wildman–Crippen LogP) is 2.03. The molecule has 1 aromatic carbocycles.